The number of ether oxygens (including phenoxy) is 1. The topological polar surface area (TPSA) is 9.23 Å². The maximum Gasteiger partial charge on any atom is 0.131 e. The lowest BCUT2D eigenvalue weighted by Crippen LogP contribution is -2.37. The third kappa shape index (κ3) is 4.80. The molecule has 0 amide bonds. The molecule has 0 saturated carbocycles. The maximum atomic E-state index is 7.06. The Morgan fingerprint density at radius 3 is 1.82 bits per heavy atom. The zero-order chi connectivity index (χ0) is 33.8. The highest BCUT2D eigenvalue weighted by Gasteiger charge is 2.52. The molecule has 2 atom stereocenters. The maximum absolute atomic E-state index is 7.06. The van der Waals surface area contributed by atoms with E-state index in [9.17, 15) is 0 Å². The van der Waals surface area contributed by atoms with Gasteiger partial charge in [0.05, 0.1) is 5.41 Å². The summed E-state index contributed by atoms with van der Waals surface area (Å²) < 4.78 is 7.06. The number of fused-ring (bicyclic) bond motifs is 8. The second-order valence-corrected chi connectivity index (χ2v) is 16.1. The third-order valence-electron chi connectivity index (χ3n) is 11.2. The molecule has 2 unspecified atom stereocenters. The van der Waals surface area contributed by atoms with E-state index in [2.05, 4.69) is 188 Å². The summed E-state index contributed by atoms with van der Waals surface area (Å²) in [6.45, 7) is 0. The zero-order valence-electron chi connectivity index (χ0n) is 28.3. The average Bonchev–Trinajstić information content (AvgIpc) is 3.50. The van der Waals surface area contributed by atoms with Gasteiger partial charge in [0.2, 0.25) is 0 Å². The van der Waals surface area contributed by atoms with E-state index >= 15 is 0 Å². The zero-order valence-corrected chi connectivity index (χ0v) is 29.2. The van der Waals surface area contributed by atoms with Crippen LogP contribution in [0.15, 0.2) is 205 Å². The molecule has 6 aromatic carbocycles. The second kappa shape index (κ2) is 12.4. The van der Waals surface area contributed by atoms with Crippen molar-refractivity contribution < 1.29 is 4.74 Å². The molecule has 3 aliphatic carbocycles. The minimum atomic E-state index is -0.668. The summed E-state index contributed by atoms with van der Waals surface area (Å²) in [5.74, 6) is 2.47. The molecule has 51 heavy (non-hydrogen) atoms. The second-order valence-electron chi connectivity index (χ2n) is 13.9. The summed E-state index contributed by atoms with van der Waals surface area (Å²) >= 11 is 0. The molecule has 0 aromatic heterocycles. The van der Waals surface area contributed by atoms with Crippen molar-refractivity contribution in [1.82, 2.24) is 0 Å². The third-order valence-corrected chi connectivity index (χ3v) is 13.6. The molecule has 0 N–H and O–H groups in total. The molecule has 0 saturated heterocycles. The standard InChI is InChI=1S/C49H37OP/c1-3-19-37(20-4-1)51(38-21-5-2-6-22-38)39-23-14-17-35(33-39)34-16-13-18-36(32-34)40-26-15-30-46-48(40)50-47-31-12-11-29-45(47)49(46)43-27-9-7-24-41(43)42-25-8-10-28-44(42)49/h1-15,17-25,27-34,40H,16,26H2. The molecule has 244 valence electrons. The van der Waals surface area contributed by atoms with Crippen molar-refractivity contribution in [3.8, 4) is 16.9 Å². The highest BCUT2D eigenvalue weighted by molar-refractivity contribution is 7.79. The monoisotopic (exact) mass is 672 g/mol. The van der Waals surface area contributed by atoms with Gasteiger partial charge in [-0.05, 0) is 76.1 Å². The van der Waals surface area contributed by atoms with Crippen molar-refractivity contribution >= 4 is 23.8 Å². The predicted molar refractivity (Wildman–Crippen MR) is 213 cm³/mol. The normalized spacial score (nSPS) is 19.2. The van der Waals surface area contributed by atoms with E-state index in [-0.39, 0.29) is 5.92 Å². The van der Waals surface area contributed by atoms with Crippen LogP contribution in [0.5, 0.6) is 5.75 Å². The van der Waals surface area contributed by atoms with Gasteiger partial charge in [0.25, 0.3) is 0 Å². The van der Waals surface area contributed by atoms with Crippen LogP contribution in [-0.2, 0) is 5.41 Å². The Morgan fingerprint density at radius 2 is 1.12 bits per heavy atom. The Hall–Kier alpha value is -5.49. The largest absolute Gasteiger partial charge is 0.460 e. The number of hydrogen-bond acceptors (Lipinski definition) is 1. The number of rotatable bonds is 5. The van der Waals surface area contributed by atoms with Gasteiger partial charge in [0, 0.05) is 23.0 Å². The fraction of sp³-hybridized carbons (Fsp3) is 0.102. The van der Waals surface area contributed by atoms with E-state index in [0.29, 0.717) is 5.92 Å². The molecular weight excluding hydrogens is 636 g/mol. The first-order chi connectivity index (χ1) is 25.3. The molecule has 2 heteroatoms. The molecule has 0 bridgehead atoms. The van der Waals surface area contributed by atoms with Crippen molar-refractivity contribution in [2.45, 2.75) is 24.2 Å². The Bertz CT molecular complexity index is 2330. The van der Waals surface area contributed by atoms with Crippen molar-refractivity contribution in [3.63, 3.8) is 0 Å². The van der Waals surface area contributed by atoms with Gasteiger partial charge in [-0.3, -0.25) is 0 Å². The lowest BCUT2D eigenvalue weighted by atomic mass is 9.63. The Labute approximate surface area is 301 Å². The van der Waals surface area contributed by atoms with Gasteiger partial charge in [-0.25, -0.2) is 0 Å². The van der Waals surface area contributed by atoms with Crippen LogP contribution >= 0.6 is 7.92 Å². The summed E-state index contributed by atoms with van der Waals surface area (Å²) in [5, 5.41) is 4.15. The quantitative estimate of drug-likeness (QED) is 0.166. The molecule has 0 radical (unpaired) electrons. The summed E-state index contributed by atoms with van der Waals surface area (Å²) in [4.78, 5) is 0. The van der Waals surface area contributed by atoms with Crippen LogP contribution in [0.4, 0.5) is 0 Å². The fourth-order valence-electron chi connectivity index (χ4n) is 9.03. The number of hydrogen-bond donors (Lipinski definition) is 0. The lowest BCUT2D eigenvalue weighted by molar-refractivity contribution is 0.331. The smallest absolute Gasteiger partial charge is 0.131 e. The van der Waals surface area contributed by atoms with Gasteiger partial charge in [-0.2, -0.15) is 0 Å². The molecule has 1 heterocycles. The highest BCUT2D eigenvalue weighted by atomic mass is 31.1. The fourth-order valence-corrected chi connectivity index (χ4v) is 11.4. The van der Waals surface area contributed by atoms with Crippen molar-refractivity contribution in [2.24, 2.45) is 5.92 Å². The van der Waals surface area contributed by atoms with Gasteiger partial charge in [0.1, 0.15) is 11.5 Å². The van der Waals surface area contributed by atoms with Crippen LogP contribution in [0, 0.1) is 5.92 Å². The molecule has 1 nitrogen and oxygen atoms in total. The number of para-hydroxylation sites is 1. The van der Waals surface area contributed by atoms with Crippen LogP contribution in [0.3, 0.4) is 0 Å². The Kier molecular flexibility index (Phi) is 7.36. The first-order valence-corrected chi connectivity index (χ1v) is 19.4. The van der Waals surface area contributed by atoms with Crippen LogP contribution in [-0.4, -0.2) is 0 Å². The molecule has 4 aliphatic rings. The van der Waals surface area contributed by atoms with Gasteiger partial charge in [-0.15, -0.1) is 0 Å². The van der Waals surface area contributed by atoms with Gasteiger partial charge >= 0.3 is 0 Å². The van der Waals surface area contributed by atoms with E-state index in [1.807, 2.05) is 0 Å². The average molecular weight is 673 g/mol. The van der Waals surface area contributed by atoms with Crippen LogP contribution in [0.1, 0.15) is 41.0 Å². The molecule has 1 aliphatic heterocycles. The van der Waals surface area contributed by atoms with Gasteiger partial charge in [-0.1, -0.05) is 182 Å². The summed E-state index contributed by atoms with van der Waals surface area (Å²) in [6, 6.07) is 58.1. The summed E-state index contributed by atoms with van der Waals surface area (Å²) in [5.41, 5.74) is 10.1. The van der Waals surface area contributed by atoms with E-state index in [1.165, 1.54) is 60.4 Å². The highest BCUT2D eigenvalue weighted by Crippen LogP contribution is 2.62. The van der Waals surface area contributed by atoms with E-state index in [1.54, 1.807) is 0 Å². The predicted octanol–water partition coefficient (Wildman–Crippen LogP) is 10.7. The van der Waals surface area contributed by atoms with Crippen LogP contribution < -0.4 is 20.7 Å². The minimum Gasteiger partial charge on any atom is -0.460 e. The Balaban J connectivity index is 1.08. The number of benzene rings is 6. The lowest BCUT2D eigenvalue weighted by Gasteiger charge is -2.43. The Morgan fingerprint density at radius 1 is 0.529 bits per heavy atom. The number of allylic oxidation sites excluding steroid dienone is 7. The molecule has 10 rings (SSSR count). The van der Waals surface area contributed by atoms with Crippen LogP contribution in [0.25, 0.3) is 11.1 Å². The summed E-state index contributed by atoms with van der Waals surface area (Å²) in [7, 11) is -0.668. The van der Waals surface area contributed by atoms with E-state index in [0.717, 1.165) is 24.4 Å². The van der Waals surface area contributed by atoms with Gasteiger partial charge in [0.15, 0.2) is 0 Å². The molecule has 0 fully saturated rings. The molecule has 1 spiro atoms. The minimum absolute atomic E-state index is 0.128. The van der Waals surface area contributed by atoms with Gasteiger partial charge < -0.3 is 4.74 Å². The van der Waals surface area contributed by atoms with Crippen molar-refractivity contribution in [1.29, 1.82) is 0 Å². The first-order valence-electron chi connectivity index (χ1n) is 18.1. The molecule has 6 aromatic rings. The van der Waals surface area contributed by atoms with Crippen molar-refractivity contribution in [2.75, 3.05) is 0 Å². The first kappa shape index (κ1) is 30.3. The van der Waals surface area contributed by atoms with Crippen molar-refractivity contribution in [3.05, 3.63) is 227 Å². The SMILES string of the molecule is C1=CC2=C(Oc3ccccc3C23c2ccccc2-c2ccccc23)C(C2=CC(c3cccc(P(c4ccccc4)c4ccccc4)c3)CC=C2)C1. The van der Waals surface area contributed by atoms with E-state index < -0.39 is 13.3 Å². The van der Waals surface area contributed by atoms with E-state index in [4.69, 9.17) is 4.74 Å². The summed E-state index contributed by atoms with van der Waals surface area (Å²) in [6.07, 6.45) is 13.9. The molecular formula is C49H37OP. The van der Waals surface area contributed by atoms with Crippen LogP contribution in [0.2, 0.25) is 0 Å².